The summed E-state index contributed by atoms with van der Waals surface area (Å²) >= 11 is 5.90. The van der Waals surface area contributed by atoms with E-state index in [2.05, 4.69) is 15.7 Å². The third kappa shape index (κ3) is 3.20. The van der Waals surface area contributed by atoms with Crippen molar-refractivity contribution in [3.05, 3.63) is 21.6 Å². The number of carbonyl (C=O) groups is 1. The first-order valence-corrected chi connectivity index (χ1v) is 5.57. The van der Waals surface area contributed by atoms with Gasteiger partial charge in [-0.05, 0) is 13.8 Å². The Morgan fingerprint density at radius 2 is 2.24 bits per heavy atom. The molecule has 17 heavy (non-hydrogen) atoms. The monoisotopic (exact) mass is 258 g/mol. The Hall–Kier alpha value is -1.56. The molecule has 1 aromatic rings. The van der Waals surface area contributed by atoms with Gasteiger partial charge in [-0.15, -0.1) is 0 Å². The van der Waals surface area contributed by atoms with Gasteiger partial charge < -0.3 is 10.6 Å². The zero-order chi connectivity index (χ0) is 13.0. The van der Waals surface area contributed by atoms with E-state index in [9.17, 15) is 9.59 Å². The lowest BCUT2D eigenvalue weighted by Crippen LogP contribution is -2.29. The number of carbonyl (C=O) groups excluding carboxylic acids is 1. The van der Waals surface area contributed by atoms with Crippen LogP contribution in [0.15, 0.2) is 11.0 Å². The molecule has 0 aliphatic rings. The van der Waals surface area contributed by atoms with Crippen LogP contribution < -0.4 is 16.2 Å². The first kappa shape index (κ1) is 13.5. The zero-order valence-corrected chi connectivity index (χ0v) is 10.7. The summed E-state index contributed by atoms with van der Waals surface area (Å²) in [5.74, 6) is -0.200. The number of likely N-dealkylation sites (N-methyl/N-ethyl adjacent to an activating group) is 1. The van der Waals surface area contributed by atoms with Crippen LogP contribution in [0.5, 0.6) is 0 Å². The first-order valence-electron chi connectivity index (χ1n) is 5.19. The van der Waals surface area contributed by atoms with E-state index >= 15 is 0 Å². The van der Waals surface area contributed by atoms with E-state index in [1.54, 1.807) is 0 Å². The SMILES string of the molecule is CNC(=O)CNc1cnn(C(C)C)c(=O)c1Cl. The minimum atomic E-state index is -0.372. The quantitative estimate of drug-likeness (QED) is 0.831. The normalized spacial score (nSPS) is 10.4. The molecule has 1 amide bonds. The Bertz CT molecular complexity index is 470. The van der Waals surface area contributed by atoms with Gasteiger partial charge in [-0.1, -0.05) is 11.6 Å². The molecule has 0 saturated carbocycles. The molecule has 1 aromatic heterocycles. The molecule has 2 N–H and O–H groups in total. The molecule has 0 radical (unpaired) electrons. The Labute approximate surface area is 104 Å². The van der Waals surface area contributed by atoms with Crippen LogP contribution >= 0.6 is 11.6 Å². The average molecular weight is 259 g/mol. The maximum absolute atomic E-state index is 11.8. The van der Waals surface area contributed by atoms with E-state index in [0.29, 0.717) is 5.69 Å². The van der Waals surface area contributed by atoms with Crippen molar-refractivity contribution in [2.24, 2.45) is 0 Å². The highest BCUT2D eigenvalue weighted by Gasteiger charge is 2.11. The molecular formula is C10H15ClN4O2. The van der Waals surface area contributed by atoms with Crippen molar-refractivity contribution in [1.29, 1.82) is 0 Å². The number of hydrogen-bond acceptors (Lipinski definition) is 4. The maximum Gasteiger partial charge on any atom is 0.287 e. The van der Waals surface area contributed by atoms with Crippen LogP contribution in [0.4, 0.5) is 5.69 Å². The lowest BCUT2D eigenvalue weighted by atomic mass is 10.4. The van der Waals surface area contributed by atoms with Crippen molar-refractivity contribution < 1.29 is 4.79 Å². The van der Waals surface area contributed by atoms with Crippen LogP contribution in [-0.2, 0) is 4.79 Å². The third-order valence-electron chi connectivity index (χ3n) is 2.15. The lowest BCUT2D eigenvalue weighted by molar-refractivity contribution is -0.118. The fourth-order valence-electron chi connectivity index (χ4n) is 1.20. The van der Waals surface area contributed by atoms with Gasteiger partial charge in [-0.25, -0.2) is 4.68 Å². The Morgan fingerprint density at radius 3 is 2.76 bits per heavy atom. The Kier molecular flexibility index (Phi) is 4.51. The molecule has 0 aliphatic heterocycles. The number of amides is 1. The van der Waals surface area contributed by atoms with Crippen molar-refractivity contribution in [3.8, 4) is 0 Å². The maximum atomic E-state index is 11.8. The molecule has 7 heteroatoms. The number of nitrogens with zero attached hydrogens (tertiary/aromatic N) is 2. The van der Waals surface area contributed by atoms with Crippen LogP contribution in [0.1, 0.15) is 19.9 Å². The second-order valence-corrected chi connectivity index (χ2v) is 4.12. The second kappa shape index (κ2) is 5.67. The molecule has 0 aliphatic carbocycles. The van der Waals surface area contributed by atoms with Crippen molar-refractivity contribution in [3.63, 3.8) is 0 Å². The molecule has 6 nitrogen and oxygen atoms in total. The van der Waals surface area contributed by atoms with Gasteiger partial charge in [-0.2, -0.15) is 5.10 Å². The summed E-state index contributed by atoms with van der Waals surface area (Å²) in [5.41, 5.74) is -0.0132. The minimum Gasteiger partial charge on any atom is -0.373 e. The van der Waals surface area contributed by atoms with Crippen LogP contribution in [0.2, 0.25) is 5.02 Å². The summed E-state index contributed by atoms with van der Waals surface area (Å²) in [4.78, 5) is 22.8. The molecule has 0 atom stereocenters. The minimum absolute atomic E-state index is 0.0394. The predicted molar refractivity (Wildman–Crippen MR) is 66.4 cm³/mol. The smallest absolute Gasteiger partial charge is 0.287 e. The fraction of sp³-hybridized carbons (Fsp3) is 0.500. The highest BCUT2D eigenvalue weighted by atomic mass is 35.5. The van der Waals surface area contributed by atoms with Crippen molar-refractivity contribution in [1.82, 2.24) is 15.1 Å². The number of halogens is 1. The number of anilines is 1. The predicted octanol–water partition coefficient (Wildman–Crippen LogP) is 0.635. The Morgan fingerprint density at radius 1 is 1.59 bits per heavy atom. The Balaban J connectivity index is 2.93. The molecule has 94 valence electrons. The summed E-state index contributed by atoms with van der Waals surface area (Å²) in [6.07, 6.45) is 1.44. The van der Waals surface area contributed by atoms with Gasteiger partial charge in [0.05, 0.1) is 24.5 Å². The number of hydrogen-bond donors (Lipinski definition) is 2. The van der Waals surface area contributed by atoms with Gasteiger partial charge in [0, 0.05) is 7.05 Å². The first-order chi connectivity index (χ1) is 7.97. The van der Waals surface area contributed by atoms with Gasteiger partial charge in [0.2, 0.25) is 5.91 Å². The molecule has 0 bridgehead atoms. The van der Waals surface area contributed by atoms with E-state index in [1.807, 2.05) is 13.8 Å². The van der Waals surface area contributed by atoms with E-state index in [0.717, 1.165) is 0 Å². The number of aromatic nitrogens is 2. The van der Waals surface area contributed by atoms with Gasteiger partial charge in [-0.3, -0.25) is 9.59 Å². The molecule has 0 unspecified atom stereocenters. The van der Waals surface area contributed by atoms with Crippen molar-refractivity contribution in [2.75, 3.05) is 18.9 Å². The van der Waals surface area contributed by atoms with Gasteiger partial charge in [0.25, 0.3) is 5.56 Å². The number of rotatable bonds is 4. The molecular weight excluding hydrogens is 244 g/mol. The van der Waals surface area contributed by atoms with Crippen LogP contribution in [0.3, 0.4) is 0 Å². The van der Waals surface area contributed by atoms with Gasteiger partial charge in [0.15, 0.2) is 0 Å². The summed E-state index contributed by atoms with van der Waals surface area (Å²) < 4.78 is 1.29. The zero-order valence-electron chi connectivity index (χ0n) is 9.95. The highest BCUT2D eigenvalue weighted by molar-refractivity contribution is 6.33. The summed E-state index contributed by atoms with van der Waals surface area (Å²) in [6.45, 7) is 3.72. The van der Waals surface area contributed by atoms with E-state index in [-0.39, 0.29) is 29.1 Å². The van der Waals surface area contributed by atoms with E-state index < -0.39 is 0 Å². The summed E-state index contributed by atoms with van der Waals surface area (Å²) in [5, 5.41) is 9.21. The number of nitrogens with one attached hydrogen (secondary N) is 2. The third-order valence-corrected chi connectivity index (χ3v) is 2.52. The summed E-state index contributed by atoms with van der Waals surface area (Å²) in [7, 11) is 1.53. The summed E-state index contributed by atoms with van der Waals surface area (Å²) in [6, 6.07) is -0.0620. The molecule has 0 spiro atoms. The molecule has 1 rings (SSSR count). The topological polar surface area (TPSA) is 76.0 Å². The van der Waals surface area contributed by atoms with Crippen LogP contribution in [0.25, 0.3) is 0 Å². The molecule has 0 saturated heterocycles. The lowest BCUT2D eigenvalue weighted by Gasteiger charge is -2.11. The van der Waals surface area contributed by atoms with Crippen molar-refractivity contribution >= 4 is 23.2 Å². The van der Waals surface area contributed by atoms with Crippen molar-refractivity contribution in [2.45, 2.75) is 19.9 Å². The average Bonchev–Trinajstić information content (AvgIpc) is 2.30. The molecule has 1 heterocycles. The standard InChI is InChI=1S/C10H15ClN4O2/c1-6(2)15-10(17)9(11)7(4-14-15)13-5-8(16)12-3/h4,6,13H,5H2,1-3H3,(H,12,16). The fourth-order valence-corrected chi connectivity index (χ4v) is 1.40. The van der Waals surface area contributed by atoms with Gasteiger partial charge in [0.1, 0.15) is 5.02 Å². The van der Waals surface area contributed by atoms with Crippen LogP contribution in [0, 0.1) is 0 Å². The van der Waals surface area contributed by atoms with E-state index in [4.69, 9.17) is 11.6 Å². The van der Waals surface area contributed by atoms with Gasteiger partial charge >= 0.3 is 0 Å². The second-order valence-electron chi connectivity index (χ2n) is 3.74. The van der Waals surface area contributed by atoms with E-state index in [1.165, 1.54) is 17.9 Å². The largest absolute Gasteiger partial charge is 0.373 e. The molecule has 0 aromatic carbocycles. The highest BCUT2D eigenvalue weighted by Crippen LogP contribution is 2.15. The van der Waals surface area contributed by atoms with Crippen LogP contribution in [-0.4, -0.2) is 29.3 Å². The molecule has 0 fully saturated rings.